The van der Waals surface area contributed by atoms with Crippen molar-refractivity contribution in [1.29, 1.82) is 0 Å². The first kappa shape index (κ1) is 22.8. The van der Waals surface area contributed by atoms with Crippen LogP contribution in [0.1, 0.15) is 46.4 Å². The van der Waals surface area contributed by atoms with E-state index in [9.17, 15) is 14.4 Å². The van der Waals surface area contributed by atoms with Gasteiger partial charge in [0.25, 0.3) is 5.91 Å². The molecule has 2 aliphatic heterocycles. The van der Waals surface area contributed by atoms with Crippen LogP contribution in [0.15, 0.2) is 47.1 Å². The highest BCUT2D eigenvalue weighted by Crippen LogP contribution is 2.36. The molecule has 3 aromatic rings. The molecule has 9 nitrogen and oxygen atoms in total. The number of carbonyl (C=O) groups is 3. The summed E-state index contributed by atoms with van der Waals surface area (Å²) < 4.78 is 18.8. The van der Waals surface area contributed by atoms with Crippen LogP contribution in [0, 0.1) is 13.8 Å². The molecule has 0 radical (unpaired) electrons. The molecule has 0 saturated carbocycles. The van der Waals surface area contributed by atoms with Gasteiger partial charge in [-0.15, -0.1) is 0 Å². The van der Waals surface area contributed by atoms with Crippen molar-refractivity contribution in [2.45, 2.75) is 39.3 Å². The highest BCUT2D eigenvalue weighted by atomic mass is 16.5. The number of carbonyl (C=O) groups excluding carboxylic acids is 3. The minimum absolute atomic E-state index is 0.310. The maximum atomic E-state index is 13.4. The van der Waals surface area contributed by atoms with Gasteiger partial charge in [-0.05, 0) is 56.7 Å². The van der Waals surface area contributed by atoms with Gasteiger partial charge in [0.1, 0.15) is 11.3 Å². The second kappa shape index (κ2) is 8.65. The Morgan fingerprint density at radius 1 is 1.09 bits per heavy atom. The van der Waals surface area contributed by atoms with E-state index in [-0.39, 0.29) is 12.3 Å². The molecule has 0 aliphatic carbocycles. The number of aryl methyl sites for hydroxylation is 1. The Bertz CT molecular complexity index is 1310. The molecular formula is C26H27N3O6. The monoisotopic (exact) mass is 477 g/mol. The summed E-state index contributed by atoms with van der Waals surface area (Å²) in [5, 5.41) is 2.76. The Morgan fingerprint density at radius 3 is 2.60 bits per heavy atom. The van der Waals surface area contributed by atoms with Crippen LogP contribution in [-0.4, -0.2) is 46.9 Å². The summed E-state index contributed by atoms with van der Waals surface area (Å²) in [7, 11) is 0. The summed E-state index contributed by atoms with van der Waals surface area (Å²) in [4.78, 5) is 40.4. The number of benzene rings is 1. The molecule has 4 heterocycles. The number of hydrogen-bond donors (Lipinski definition) is 1. The molecule has 3 amide bonds. The van der Waals surface area contributed by atoms with Gasteiger partial charge in [0, 0.05) is 23.4 Å². The maximum Gasteiger partial charge on any atom is 0.325 e. The summed E-state index contributed by atoms with van der Waals surface area (Å²) in [5.41, 5.74) is 1.35. The van der Waals surface area contributed by atoms with Crippen LogP contribution in [0.3, 0.4) is 0 Å². The number of nitrogens with zero attached hydrogens (tertiary/aromatic N) is 2. The smallest absolute Gasteiger partial charge is 0.325 e. The highest BCUT2D eigenvalue weighted by molar-refractivity contribution is 6.11. The van der Waals surface area contributed by atoms with Crippen LogP contribution in [0.25, 0.3) is 0 Å². The standard InChI is InChI=1S/C26H27N3O6/c1-16-12-20(17(2)28(16)14-19-6-4-9-33-19)21(30)15-29-24(31)26(3,27-25(29)32)18-7-8-22-23(13-18)35-11-5-10-34-22/h4,6-9,12-13H,5,10-11,14-15H2,1-3H3,(H,27,32)/t26-/m1/s1. The van der Waals surface area contributed by atoms with Crippen molar-refractivity contribution in [1.82, 2.24) is 14.8 Å². The molecule has 0 bridgehead atoms. The zero-order valence-electron chi connectivity index (χ0n) is 19.9. The molecule has 0 spiro atoms. The van der Waals surface area contributed by atoms with E-state index in [1.165, 1.54) is 0 Å². The lowest BCUT2D eigenvalue weighted by Gasteiger charge is -2.23. The molecule has 1 fully saturated rings. The van der Waals surface area contributed by atoms with Gasteiger partial charge in [0.05, 0.1) is 32.6 Å². The summed E-state index contributed by atoms with van der Waals surface area (Å²) in [6.45, 7) is 6.58. The largest absolute Gasteiger partial charge is 0.490 e. The Hall–Kier alpha value is -4.01. The van der Waals surface area contributed by atoms with Gasteiger partial charge in [-0.3, -0.25) is 14.5 Å². The number of ether oxygens (including phenoxy) is 2. The first-order valence-electron chi connectivity index (χ1n) is 11.5. The SMILES string of the molecule is Cc1cc(C(=O)CN2C(=O)N[C@](C)(c3ccc4c(c3)OCCCO4)C2=O)c(C)n1Cc1ccco1. The van der Waals surface area contributed by atoms with E-state index in [4.69, 9.17) is 13.9 Å². The molecule has 1 saturated heterocycles. The number of furan rings is 1. The van der Waals surface area contributed by atoms with Gasteiger partial charge in [-0.25, -0.2) is 4.79 Å². The van der Waals surface area contributed by atoms with Crippen LogP contribution in [0.5, 0.6) is 11.5 Å². The zero-order valence-corrected chi connectivity index (χ0v) is 19.9. The highest BCUT2D eigenvalue weighted by Gasteiger charge is 2.50. The summed E-state index contributed by atoms with van der Waals surface area (Å²) in [5.74, 6) is 1.10. The number of Topliss-reactive ketones (excluding diaryl/α,β-unsaturated/α-hetero) is 1. The van der Waals surface area contributed by atoms with E-state index < -0.39 is 17.5 Å². The van der Waals surface area contributed by atoms with Crippen LogP contribution < -0.4 is 14.8 Å². The number of nitrogens with one attached hydrogen (secondary N) is 1. The lowest BCUT2D eigenvalue weighted by Crippen LogP contribution is -2.41. The summed E-state index contributed by atoms with van der Waals surface area (Å²) >= 11 is 0. The maximum absolute atomic E-state index is 13.4. The van der Waals surface area contributed by atoms with E-state index in [1.807, 2.05) is 30.5 Å². The van der Waals surface area contributed by atoms with Gasteiger partial charge < -0.3 is 23.8 Å². The molecule has 5 rings (SSSR count). The fraction of sp³-hybridized carbons (Fsp3) is 0.346. The molecule has 35 heavy (non-hydrogen) atoms. The van der Waals surface area contributed by atoms with Crippen molar-refractivity contribution in [2.24, 2.45) is 0 Å². The Balaban J connectivity index is 1.36. The lowest BCUT2D eigenvalue weighted by molar-refractivity contribution is -0.130. The van der Waals surface area contributed by atoms with E-state index in [1.54, 1.807) is 37.5 Å². The zero-order chi connectivity index (χ0) is 24.7. The number of amides is 3. The first-order chi connectivity index (χ1) is 16.8. The normalized spacial score (nSPS) is 19.6. The molecule has 182 valence electrons. The van der Waals surface area contributed by atoms with Gasteiger partial charge >= 0.3 is 6.03 Å². The molecule has 1 aromatic carbocycles. The Morgan fingerprint density at radius 2 is 1.86 bits per heavy atom. The number of fused-ring (bicyclic) bond motifs is 1. The number of hydrogen-bond acceptors (Lipinski definition) is 6. The minimum Gasteiger partial charge on any atom is -0.490 e. The average molecular weight is 478 g/mol. The first-order valence-corrected chi connectivity index (χ1v) is 11.5. The van der Waals surface area contributed by atoms with Crippen LogP contribution in [0.4, 0.5) is 4.79 Å². The molecule has 2 aromatic heterocycles. The number of rotatable bonds is 6. The van der Waals surface area contributed by atoms with E-state index in [2.05, 4.69) is 5.32 Å². The number of ketones is 1. The van der Waals surface area contributed by atoms with Gasteiger partial charge in [0.15, 0.2) is 17.3 Å². The average Bonchev–Trinajstić information content (AvgIpc) is 3.43. The molecule has 9 heteroatoms. The summed E-state index contributed by atoms with van der Waals surface area (Å²) in [6, 6.07) is 10.0. The Labute approximate surface area is 202 Å². The van der Waals surface area contributed by atoms with Crippen molar-refractivity contribution >= 4 is 17.7 Å². The minimum atomic E-state index is -1.32. The fourth-order valence-corrected chi connectivity index (χ4v) is 4.62. The van der Waals surface area contributed by atoms with Crippen molar-refractivity contribution < 1.29 is 28.3 Å². The second-order valence-electron chi connectivity index (χ2n) is 9.03. The second-order valence-corrected chi connectivity index (χ2v) is 9.03. The molecule has 2 aliphatic rings. The third-order valence-electron chi connectivity index (χ3n) is 6.67. The van der Waals surface area contributed by atoms with E-state index in [0.29, 0.717) is 42.4 Å². The molecule has 0 unspecified atom stereocenters. The number of imide groups is 1. The third-order valence-corrected chi connectivity index (χ3v) is 6.67. The quantitative estimate of drug-likeness (QED) is 0.430. The van der Waals surface area contributed by atoms with Gasteiger partial charge in [-0.1, -0.05) is 6.07 Å². The van der Waals surface area contributed by atoms with Crippen LogP contribution in [-0.2, 0) is 16.9 Å². The van der Waals surface area contributed by atoms with Crippen molar-refractivity contribution in [3.05, 3.63) is 70.9 Å². The topological polar surface area (TPSA) is 103 Å². The predicted octanol–water partition coefficient (Wildman–Crippen LogP) is 3.56. The predicted molar refractivity (Wildman–Crippen MR) is 126 cm³/mol. The Kier molecular flexibility index (Phi) is 5.62. The van der Waals surface area contributed by atoms with Crippen LogP contribution in [0.2, 0.25) is 0 Å². The van der Waals surface area contributed by atoms with Crippen molar-refractivity contribution in [2.75, 3.05) is 19.8 Å². The molecular weight excluding hydrogens is 450 g/mol. The lowest BCUT2D eigenvalue weighted by atomic mass is 9.91. The van der Waals surface area contributed by atoms with Crippen LogP contribution >= 0.6 is 0 Å². The third kappa shape index (κ3) is 3.96. The van der Waals surface area contributed by atoms with E-state index >= 15 is 0 Å². The van der Waals surface area contributed by atoms with Crippen molar-refractivity contribution in [3.8, 4) is 11.5 Å². The molecule has 1 N–H and O–H groups in total. The van der Waals surface area contributed by atoms with Crippen molar-refractivity contribution in [3.63, 3.8) is 0 Å². The number of urea groups is 1. The summed E-state index contributed by atoms with van der Waals surface area (Å²) in [6.07, 6.45) is 2.36. The number of aromatic nitrogens is 1. The fourth-order valence-electron chi connectivity index (χ4n) is 4.62. The molecule has 1 atom stereocenters. The van der Waals surface area contributed by atoms with E-state index in [0.717, 1.165) is 28.5 Å². The van der Waals surface area contributed by atoms with Gasteiger partial charge in [0.2, 0.25) is 0 Å². The van der Waals surface area contributed by atoms with Gasteiger partial charge in [-0.2, -0.15) is 0 Å².